The molecule has 0 unspecified atom stereocenters. The molecule has 156 valence electrons. The summed E-state index contributed by atoms with van der Waals surface area (Å²) >= 11 is 1.46. The van der Waals surface area contributed by atoms with Crippen LogP contribution in [0.2, 0.25) is 0 Å². The highest BCUT2D eigenvalue weighted by Crippen LogP contribution is 2.39. The van der Waals surface area contributed by atoms with E-state index in [1.54, 1.807) is 7.11 Å². The Bertz CT molecular complexity index is 1000. The van der Waals surface area contributed by atoms with Gasteiger partial charge in [0.25, 0.3) is 0 Å². The van der Waals surface area contributed by atoms with Crippen molar-refractivity contribution in [3.05, 3.63) is 60.2 Å². The van der Waals surface area contributed by atoms with Crippen LogP contribution in [0.3, 0.4) is 0 Å². The number of carbonyl (C=O) groups excluding carboxylic acids is 1. The molecule has 0 fully saturated rings. The van der Waals surface area contributed by atoms with Crippen LogP contribution in [0.5, 0.6) is 5.75 Å². The third-order valence-corrected chi connectivity index (χ3v) is 6.46. The van der Waals surface area contributed by atoms with Gasteiger partial charge < -0.3 is 15.1 Å². The standard InChI is InChI=1S/C22H25N5O2S/c1-4-26(5-2)21(28)19-18(15-11-13-17(29-3)14-12-15)25-27-20(23-24-22(27)30-19)16-9-7-6-8-10-16/h6-14,18-19,25H,4-5H2,1-3H3/t18-,19+/m0/s1. The van der Waals surface area contributed by atoms with Crippen LogP contribution in [0, 0.1) is 0 Å². The molecular formula is C22H25N5O2S. The highest BCUT2D eigenvalue weighted by molar-refractivity contribution is 8.00. The summed E-state index contributed by atoms with van der Waals surface area (Å²) in [5, 5.41) is 9.08. The van der Waals surface area contributed by atoms with Crippen molar-refractivity contribution in [1.29, 1.82) is 0 Å². The van der Waals surface area contributed by atoms with Gasteiger partial charge in [-0.3, -0.25) is 4.79 Å². The molecule has 3 aromatic rings. The third-order valence-electron chi connectivity index (χ3n) is 5.26. The molecule has 2 atom stereocenters. The van der Waals surface area contributed by atoms with Gasteiger partial charge in [-0.2, -0.15) is 0 Å². The second-order valence-electron chi connectivity index (χ2n) is 6.94. The Kier molecular flexibility index (Phi) is 5.94. The van der Waals surface area contributed by atoms with E-state index in [1.807, 2.05) is 78.0 Å². The fourth-order valence-electron chi connectivity index (χ4n) is 3.59. The maximum Gasteiger partial charge on any atom is 0.238 e. The molecule has 1 amide bonds. The summed E-state index contributed by atoms with van der Waals surface area (Å²) in [4.78, 5) is 15.2. The number of hydrogen-bond acceptors (Lipinski definition) is 6. The third kappa shape index (κ3) is 3.75. The lowest BCUT2D eigenvalue weighted by molar-refractivity contribution is -0.130. The Morgan fingerprint density at radius 3 is 2.43 bits per heavy atom. The van der Waals surface area contributed by atoms with Crippen molar-refractivity contribution < 1.29 is 9.53 Å². The summed E-state index contributed by atoms with van der Waals surface area (Å²) in [6.07, 6.45) is 0. The van der Waals surface area contributed by atoms with Gasteiger partial charge in [-0.15, -0.1) is 10.2 Å². The predicted molar refractivity (Wildman–Crippen MR) is 118 cm³/mol. The van der Waals surface area contributed by atoms with Crippen LogP contribution in [-0.4, -0.2) is 51.1 Å². The van der Waals surface area contributed by atoms with Crippen molar-refractivity contribution in [2.24, 2.45) is 0 Å². The number of aromatic nitrogens is 3. The van der Waals surface area contributed by atoms with Crippen molar-refractivity contribution in [2.75, 3.05) is 25.6 Å². The summed E-state index contributed by atoms with van der Waals surface area (Å²) in [5.41, 5.74) is 5.49. The zero-order chi connectivity index (χ0) is 21.1. The number of hydrogen-bond donors (Lipinski definition) is 1. The molecule has 1 N–H and O–H groups in total. The highest BCUT2D eigenvalue weighted by atomic mass is 32.2. The molecule has 1 aromatic heterocycles. The SMILES string of the molecule is CCN(CC)C(=O)[C@@H]1Sc2nnc(-c3ccccc3)n2N[C@H]1c1ccc(OC)cc1. The van der Waals surface area contributed by atoms with Crippen LogP contribution in [0.1, 0.15) is 25.5 Å². The molecule has 0 spiro atoms. The van der Waals surface area contributed by atoms with Crippen molar-refractivity contribution in [2.45, 2.75) is 30.3 Å². The molecule has 0 aliphatic carbocycles. The van der Waals surface area contributed by atoms with E-state index in [2.05, 4.69) is 15.6 Å². The number of amides is 1. The number of nitrogens with zero attached hydrogens (tertiary/aromatic N) is 4. The lowest BCUT2D eigenvalue weighted by Gasteiger charge is -2.35. The Morgan fingerprint density at radius 2 is 1.80 bits per heavy atom. The molecule has 4 rings (SSSR count). The molecular weight excluding hydrogens is 398 g/mol. The van der Waals surface area contributed by atoms with Crippen LogP contribution in [0.4, 0.5) is 0 Å². The molecule has 2 heterocycles. The minimum Gasteiger partial charge on any atom is -0.497 e. The average Bonchev–Trinajstić information content (AvgIpc) is 3.22. The second kappa shape index (κ2) is 8.79. The van der Waals surface area contributed by atoms with E-state index in [-0.39, 0.29) is 17.2 Å². The van der Waals surface area contributed by atoms with E-state index >= 15 is 0 Å². The molecule has 1 aliphatic rings. The van der Waals surface area contributed by atoms with E-state index in [0.717, 1.165) is 22.7 Å². The van der Waals surface area contributed by atoms with Gasteiger partial charge in [0.15, 0.2) is 5.82 Å². The number of carbonyl (C=O) groups is 1. The molecule has 1 aliphatic heterocycles. The van der Waals surface area contributed by atoms with Gasteiger partial charge in [-0.05, 0) is 31.5 Å². The topological polar surface area (TPSA) is 72.3 Å². The van der Waals surface area contributed by atoms with E-state index in [0.29, 0.717) is 18.2 Å². The highest BCUT2D eigenvalue weighted by Gasteiger charge is 2.39. The molecule has 8 heteroatoms. The van der Waals surface area contributed by atoms with Gasteiger partial charge in [0, 0.05) is 18.7 Å². The smallest absolute Gasteiger partial charge is 0.238 e. The number of thioether (sulfide) groups is 1. The second-order valence-corrected chi connectivity index (χ2v) is 8.05. The van der Waals surface area contributed by atoms with Crippen molar-refractivity contribution in [3.8, 4) is 17.1 Å². The van der Waals surface area contributed by atoms with Gasteiger partial charge in [-0.25, -0.2) is 4.68 Å². The minimum absolute atomic E-state index is 0.0915. The van der Waals surface area contributed by atoms with E-state index in [9.17, 15) is 4.79 Å². The summed E-state index contributed by atoms with van der Waals surface area (Å²) in [7, 11) is 1.64. The molecule has 7 nitrogen and oxygen atoms in total. The number of fused-ring (bicyclic) bond motifs is 1. The first-order valence-corrected chi connectivity index (χ1v) is 10.9. The van der Waals surface area contributed by atoms with Gasteiger partial charge in [0.1, 0.15) is 11.0 Å². The fraction of sp³-hybridized carbons (Fsp3) is 0.318. The van der Waals surface area contributed by atoms with E-state index in [1.165, 1.54) is 11.8 Å². The average molecular weight is 424 g/mol. The number of ether oxygens (including phenoxy) is 1. The van der Waals surface area contributed by atoms with Crippen molar-refractivity contribution >= 4 is 17.7 Å². The van der Waals surface area contributed by atoms with Crippen LogP contribution >= 0.6 is 11.8 Å². The zero-order valence-corrected chi connectivity index (χ0v) is 18.1. The predicted octanol–water partition coefficient (Wildman–Crippen LogP) is 3.58. The summed E-state index contributed by atoms with van der Waals surface area (Å²) in [5.74, 6) is 1.60. The lowest BCUT2D eigenvalue weighted by atomic mass is 10.0. The number of benzene rings is 2. The molecule has 0 radical (unpaired) electrons. The normalized spacial score (nSPS) is 17.7. The maximum absolute atomic E-state index is 13.3. The van der Waals surface area contributed by atoms with Crippen LogP contribution < -0.4 is 10.2 Å². The van der Waals surface area contributed by atoms with Crippen LogP contribution in [-0.2, 0) is 4.79 Å². The molecule has 30 heavy (non-hydrogen) atoms. The minimum atomic E-state index is -0.349. The summed E-state index contributed by atoms with van der Waals surface area (Å²) < 4.78 is 7.19. The number of rotatable bonds is 6. The van der Waals surface area contributed by atoms with Gasteiger partial charge in [0.2, 0.25) is 11.1 Å². The molecule has 0 bridgehead atoms. The van der Waals surface area contributed by atoms with Crippen molar-refractivity contribution in [1.82, 2.24) is 19.8 Å². The van der Waals surface area contributed by atoms with Gasteiger partial charge >= 0.3 is 0 Å². The summed E-state index contributed by atoms with van der Waals surface area (Å²) in [6.45, 7) is 5.34. The van der Waals surface area contributed by atoms with Crippen LogP contribution in [0.15, 0.2) is 59.8 Å². The first-order valence-electron chi connectivity index (χ1n) is 10.0. The first-order chi connectivity index (χ1) is 14.7. The Hall–Kier alpha value is -3.00. The number of nitrogens with one attached hydrogen (secondary N) is 1. The first kappa shape index (κ1) is 20.3. The van der Waals surface area contributed by atoms with Gasteiger partial charge in [-0.1, -0.05) is 54.2 Å². The maximum atomic E-state index is 13.3. The molecule has 2 aromatic carbocycles. The lowest BCUT2D eigenvalue weighted by Crippen LogP contribution is -2.46. The number of methoxy groups -OCH3 is 1. The quantitative estimate of drug-likeness (QED) is 0.653. The van der Waals surface area contributed by atoms with Crippen molar-refractivity contribution in [3.63, 3.8) is 0 Å². The fourth-order valence-corrected chi connectivity index (χ4v) is 4.76. The summed E-state index contributed by atoms with van der Waals surface area (Å²) in [6, 6.07) is 17.5. The molecule has 0 saturated heterocycles. The largest absolute Gasteiger partial charge is 0.497 e. The monoisotopic (exact) mass is 423 g/mol. The zero-order valence-electron chi connectivity index (χ0n) is 17.3. The molecule has 0 saturated carbocycles. The van der Waals surface area contributed by atoms with Gasteiger partial charge in [0.05, 0.1) is 13.2 Å². The van der Waals surface area contributed by atoms with Crippen LogP contribution in [0.25, 0.3) is 11.4 Å². The van der Waals surface area contributed by atoms with E-state index in [4.69, 9.17) is 4.74 Å². The Morgan fingerprint density at radius 1 is 1.10 bits per heavy atom. The Balaban J connectivity index is 1.75. The van der Waals surface area contributed by atoms with E-state index < -0.39 is 0 Å². The Labute approximate surface area is 180 Å².